The van der Waals surface area contributed by atoms with E-state index in [2.05, 4.69) is 32.6 Å². The third kappa shape index (κ3) is 2.97. The zero-order valence-corrected chi connectivity index (χ0v) is 12.4. The van der Waals surface area contributed by atoms with E-state index in [4.69, 9.17) is 5.73 Å². The second-order valence-electron chi connectivity index (χ2n) is 6.17. The van der Waals surface area contributed by atoms with Gasteiger partial charge in [-0.3, -0.25) is 0 Å². The van der Waals surface area contributed by atoms with Gasteiger partial charge in [0.2, 0.25) is 0 Å². The number of aliphatic imine (C=N–C) groups is 1. The molecule has 0 bridgehead atoms. The molecule has 1 unspecified atom stereocenters. The van der Waals surface area contributed by atoms with Gasteiger partial charge in [-0.15, -0.1) is 0 Å². The summed E-state index contributed by atoms with van der Waals surface area (Å²) in [5.41, 5.74) is 7.17. The lowest BCUT2D eigenvalue weighted by molar-refractivity contribution is 0.270. The molecule has 0 radical (unpaired) electrons. The van der Waals surface area contributed by atoms with Gasteiger partial charge in [0.25, 0.3) is 0 Å². The topological polar surface area (TPSA) is 59.4 Å². The standard InChI is InChI=1S/C15H25N5/c1-12-5-4-8-20(10-12)15(16)17-9-13-11-19-7-3-2-6-14(19)18-13/h11-12H,2-10H2,1H3,(H2,16,17). The van der Waals surface area contributed by atoms with Gasteiger partial charge in [0.1, 0.15) is 5.82 Å². The average Bonchev–Trinajstić information content (AvgIpc) is 2.87. The summed E-state index contributed by atoms with van der Waals surface area (Å²) < 4.78 is 2.27. The molecule has 20 heavy (non-hydrogen) atoms. The molecule has 0 aliphatic carbocycles. The molecule has 0 saturated carbocycles. The van der Waals surface area contributed by atoms with E-state index >= 15 is 0 Å². The van der Waals surface area contributed by atoms with Gasteiger partial charge < -0.3 is 15.2 Å². The Kier molecular flexibility index (Phi) is 3.94. The molecule has 2 aliphatic rings. The van der Waals surface area contributed by atoms with Crippen molar-refractivity contribution in [1.82, 2.24) is 14.5 Å². The first-order chi connectivity index (χ1) is 9.72. The molecule has 0 aromatic carbocycles. The maximum absolute atomic E-state index is 6.12. The van der Waals surface area contributed by atoms with E-state index in [-0.39, 0.29) is 0 Å². The molecular formula is C15H25N5. The van der Waals surface area contributed by atoms with Crippen LogP contribution in [0.15, 0.2) is 11.2 Å². The van der Waals surface area contributed by atoms with E-state index in [1.54, 1.807) is 0 Å². The second-order valence-corrected chi connectivity index (χ2v) is 6.17. The van der Waals surface area contributed by atoms with Gasteiger partial charge in [0.05, 0.1) is 12.2 Å². The summed E-state index contributed by atoms with van der Waals surface area (Å²) in [6, 6.07) is 0. The van der Waals surface area contributed by atoms with Crippen LogP contribution in [0.25, 0.3) is 0 Å². The van der Waals surface area contributed by atoms with Crippen molar-refractivity contribution >= 4 is 5.96 Å². The van der Waals surface area contributed by atoms with Gasteiger partial charge in [-0.1, -0.05) is 6.92 Å². The monoisotopic (exact) mass is 275 g/mol. The number of aryl methyl sites for hydroxylation is 2. The lowest BCUT2D eigenvalue weighted by Gasteiger charge is -2.31. The maximum atomic E-state index is 6.12. The summed E-state index contributed by atoms with van der Waals surface area (Å²) >= 11 is 0. The van der Waals surface area contributed by atoms with E-state index < -0.39 is 0 Å². The number of piperidine rings is 1. The zero-order chi connectivity index (χ0) is 13.9. The molecule has 1 fully saturated rings. The molecule has 1 aromatic rings. The molecule has 1 saturated heterocycles. The van der Waals surface area contributed by atoms with Crippen LogP contribution in [0.5, 0.6) is 0 Å². The normalized spacial score (nSPS) is 23.8. The highest BCUT2D eigenvalue weighted by molar-refractivity contribution is 5.78. The summed E-state index contributed by atoms with van der Waals surface area (Å²) in [4.78, 5) is 11.4. The van der Waals surface area contributed by atoms with Crippen LogP contribution < -0.4 is 5.73 Å². The van der Waals surface area contributed by atoms with Crippen molar-refractivity contribution in [2.75, 3.05) is 13.1 Å². The molecule has 1 atom stereocenters. The second kappa shape index (κ2) is 5.85. The number of rotatable bonds is 2. The molecule has 5 nitrogen and oxygen atoms in total. The molecule has 0 spiro atoms. The number of aromatic nitrogens is 2. The Labute approximate surface area is 120 Å². The van der Waals surface area contributed by atoms with E-state index in [0.717, 1.165) is 37.7 Å². The molecule has 0 amide bonds. The Morgan fingerprint density at radius 3 is 3.10 bits per heavy atom. The highest BCUT2D eigenvalue weighted by atomic mass is 15.3. The van der Waals surface area contributed by atoms with Gasteiger partial charge in [-0.25, -0.2) is 9.98 Å². The molecule has 5 heteroatoms. The van der Waals surface area contributed by atoms with Crippen LogP contribution in [0.3, 0.4) is 0 Å². The Morgan fingerprint density at radius 2 is 2.30 bits per heavy atom. The molecule has 3 heterocycles. The first-order valence-corrected chi connectivity index (χ1v) is 7.82. The first kappa shape index (κ1) is 13.5. The van der Waals surface area contributed by atoms with Crippen molar-refractivity contribution in [2.45, 2.75) is 52.1 Å². The van der Waals surface area contributed by atoms with Crippen molar-refractivity contribution in [2.24, 2.45) is 16.6 Å². The number of nitrogens with two attached hydrogens (primary N) is 1. The van der Waals surface area contributed by atoms with Crippen molar-refractivity contribution in [3.8, 4) is 0 Å². The van der Waals surface area contributed by atoms with Crippen LogP contribution in [-0.2, 0) is 19.5 Å². The lowest BCUT2D eigenvalue weighted by Crippen LogP contribution is -2.43. The SMILES string of the molecule is CC1CCCN(C(N)=NCc2cn3c(n2)CCCC3)C1. The fraction of sp³-hybridized carbons (Fsp3) is 0.733. The van der Waals surface area contributed by atoms with Crippen molar-refractivity contribution in [3.63, 3.8) is 0 Å². The van der Waals surface area contributed by atoms with E-state index in [1.165, 1.54) is 31.5 Å². The third-order valence-corrected chi connectivity index (χ3v) is 4.34. The molecule has 2 N–H and O–H groups in total. The summed E-state index contributed by atoms with van der Waals surface area (Å²) in [7, 11) is 0. The molecule has 110 valence electrons. The highest BCUT2D eigenvalue weighted by Gasteiger charge is 2.18. The first-order valence-electron chi connectivity index (χ1n) is 7.82. The number of hydrogen-bond acceptors (Lipinski definition) is 2. The summed E-state index contributed by atoms with van der Waals surface area (Å²) in [5.74, 6) is 2.62. The maximum Gasteiger partial charge on any atom is 0.191 e. The Bertz CT molecular complexity index is 467. The predicted molar refractivity (Wildman–Crippen MR) is 80.5 cm³/mol. The van der Waals surface area contributed by atoms with Crippen LogP contribution >= 0.6 is 0 Å². The van der Waals surface area contributed by atoms with Crippen LogP contribution in [0, 0.1) is 5.92 Å². The van der Waals surface area contributed by atoms with Gasteiger partial charge in [0, 0.05) is 32.3 Å². The van der Waals surface area contributed by atoms with E-state index in [9.17, 15) is 0 Å². The summed E-state index contributed by atoms with van der Waals surface area (Å²) in [5, 5.41) is 0. The van der Waals surface area contributed by atoms with Crippen molar-refractivity contribution < 1.29 is 0 Å². The molecular weight excluding hydrogens is 250 g/mol. The number of nitrogens with zero attached hydrogens (tertiary/aromatic N) is 4. The number of fused-ring (bicyclic) bond motifs is 1. The minimum Gasteiger partial charge on any atom is -0.370 e. The minimum absolute atomic E-state index is 0.608. The Balaban J connectivity index is 1.62. The van der Waals surface area contributed by atoms with Gasteiger partial charge in [-0.2, -0.15) is 0 Å². The van der Waals surface area contributed by atoms with Gasteiger partial charge in [-0.05, 0) is 31.6 Å². The number of likely N-dealkylation sites (tertiary alicyclic amines) is 1. The number of guanidine groups is 1. The van der Waals surface area contributed by atoms with Crippen LogP contribution in [0.2, 0.25) is 0 Å². The van der Waals surface area contributed by atoms with Crippen LogP contribution in [0.1, 0.15) is 44.1 Å². The van der Waals surface area contributed by atoms with E-state index in [1.807, 2.05) is 0 Å². The molecule has 2 aliphatic heterocycles. The van der Waals surface area contributed by atoms with Crippen LogP contribution in [0.4, 0.5) is 0 Å². The number of hydrogen-bond donors (Lipinski definition) is 1. The van der Waals surface area contributed by atoms with Gasteiger partial charge in [0.15, 0.2) is 5.96 Å². The predicted octanol–water partition coefficient (Wildman–Crippen LogP) is 1.77. The van der Waals surface area contributed by atoms with Crippen molar-refractivity contribution in [1.29, 1.82) is 0 Å². The summed E-state index contributed by atoms with van der Waals surface area (Å²) in [6.45, 7) is 6.07. The molecule has 3 rings (SSSR count). The molecule has 1 aromatic heterocycles. The summed E-state index contributed by atoms with van der Waals surface area (Å²) in [6.07, 6.45) is 8.29. The smallest absolute Gasteiger partial charge is 0.191 e. The van der Waals surface area contributed by atoms with E-state index in [0.29, 0.717) is 12.5 Å². The quantitative estimate of drug-likeness (QED) is 0.661. The average molecular weight is 275 g/mol. The largest absolute Gasteiger partial charge is 0.370 e. The minimum atomic E-state index is 0.608. The highest BCUT2D eigenvalue weighted by Crippen LogP contribution is 2.16. The van der Waals surface area contributed by atoms with Crippen molar-refractivity contribution in [3.05, 3.63) is 17.7 Å². The Morgan fingerprint density at radius 1 is 1.40 bits per heavy atom. The Hall–Kier alpha value is -1.52. The fourth-order valence-electron chi connectivity index (χ4n) is 3.21. The number of imidazole rings is 1. The van der Waals surface area contributed by atoms with Crippen LogP contribution in [-0.4, -0.2) is 33.5 Å². The lowest BCUT2D eigenvalue weighted by atomic mass is 10.0. The van der Waals surface area contributed by atoms with Gasteiger partial charge >= 0.3 is 0 Å². The zero-order valence-electron chi connectivity index (χ0n) is 12.4. The fourth-order valence-corrected chi connectivity index (χ4v) is 3.21. The third-order valence-electron chi connectivity index (χ3n) is 4.34.